The van der Waals surface area contributed by atoms with Gasteiger partial charge < -0.3 is 14.9 Å². The van der Waals surface area contributed by atoms with Crippen molar-refractivity contribution >= 4 is 11.0 Å². The second kappa shape index (κ2) is 7.67. The Balaban J connectivity index is 1.60. The van der Waals surface area contributed by atoms with E-state index in [-0.39, 0.29) is 22.8 Å². The molecule has 1 aliphatic heterocycles. The maximum Gasteiger partial charge on any atom is 0.344 e. The van der Waals surface area contributed by atoms with E-state index >= 15 is 0 Å². The number of nitrogens with zero attached hydrogens (tertiary/aromatic N) is 2. The Labute approximate surface area is 182 Å². The molecule has 0 spiro atoms. The van der Waals surface area contributed by atoms with E-state index in [4.69, 9.17) is 14.9 Å². The van der Waals surface area contributed by atoms with Crippen LogP contribution in [0.2, 0.25) is 0 Å². The molecule has 1 unspecified atom stereocenters. The lowest BCUT2D eigenvalue weighted by molar-refractivity contribution is -0.688. The van der Waals surface area contributed by atoms with Gasteiger partial charge in [-0.2, -0.15) is 5.26 Å². The molecular weight excluding hydrogens is 409 g/mol. The molecule has 3 heterocycles. The molecule has 0 amide bonds. The number of rotatable bonds is 3. The van der Waals surface area contributed by atoms with Gasteiger partial charge in [0.25, 0.3) is 0 Å². The number of nitrogens with two attached hydrogens (primary N) is 1. The zero-order valence-corrected chi connectivity index (χ0v) is 16.8. The Bertz CT molecular complexity index is 1470. The highest BCUT2D eigenvalue weighted by Crippen LogP contribution is 2.43. The summed E-state index contributed by atoms with van der Waals surface area (Å²) in [6.45, 7) is 0.542. The van der Waals surface area contributed by atoms with E-state index in [1.54, 1.807) is 30.3 Å². The predicted molar refractivity (Wildman–Crippen MR) is 114 cm³/mol. The molecule has 6 nitrogen and oxygen atoms in total. The summed E-state index contributed by atoms with van der Waals surface area (Å²) in [5, 5.41) is 10.4. The van der Waals surface area contributed by atoms with E-state index in [2.05, 4.69) is 6.07 Å². The monoisotopic (exact) mass is 426 g/mol. The van der Waals surface area contributed by atoms with E-state index < -0.39 is 11.5 Å². The number of para-hydroxylation sites is 1. The number of allylic oxidation sites excluding steroid dienone is 1. The topological polar surface area (TPSA) is 93.1 Å². The van der Waals surface area contributed by atoms with Crippen molar-refractivity contribution in [3.05, 3.63) is 117 Å². The van der Waals surface area contributed by atoms with E-state index in [9.17, 15) is 14.4 Å². The fourth-order valence-corrected chi connectivity index (χ4v) is 3.97. The molecule has 2 N–H and O–H groups in total. The van der Waals surface area contributed by atoms with Crippen molar-refractivity contribution in [2.75, 3.05) is 0 Å². The molecule has 0 saturated carbocycles. The number of ether oxygens (including phenoxy) is 1. The van der Waals surface area contributed by atoms with Gasteiger partial charge in [0.15, 0.2) is 24.7 Å². The molecule has 0 fully saturated rings. The molecule has 32 heavy (non-hydrogen) atoms. The van der Waals surface area contributed by atoms with E-state index in [1.807, 2.05) is 35.2 Å². The van der Waals surface area contributed by atoms with E-state index in [1.165, 1.54) is 12.1 Å². The second-order valence-corrected chi connectivity index (χ2v) is 7.48. The minimum absolute atomic E-state index is 0.0382. The van der Waals surface area contributed by atoms with Crippen LogP contribution in [0.1, 0.15) is 22.6 Å². The Hall–Kier alpha value is -4.44. The molecule has 7 heteroatoms. The molecule has 4 aromatic rings. The number of nitriles is 1. The third-order valence-corrected chi connectivity index (χ3v) is 5.50. The van der Waals surface area contributed by atoms with Crippen molar-refractivity contribution < 1.29 is 18.1 Å². The van der Waals surface area contributed by atoms with Gasteiger partial charge in [-0.25, -0.2) is 13.8 Å². The molecule has 0 bridgehead atoms. The van der Waals surface area contributed by atoms with Crippen LogP contribution in [-0.4, -0.2) is 0 Å². The van der Waals surface area contributed by atoms with Crippen molar-refractivity contribution in [1.82, 2.24) is 0 Å². The van der Waals surface area contributed by atoms with Crippen LogP contribution >= 0.6 is 0 Å². The van der Waals surface area contributed by atoms with Gasteiger partial charge in [0.1, 0.15) is 23.0 Å². The number of benzene rings is 2. The molecule has 2 aromatic carbocycles. The van der Waals surface area contributed by atoms with Crippen LogP contribution in [0.15, 0.2) is 93.7 Å². The van der Waals surface area contributed by atoms with Gasteiger partial charge in [-0.05, 0) is 42.0 Å². The zero-order chi connectivity index (χ0) is 22.2. The fraction of sp³-hybridized carbons (Fsp3) is 0.0800. The van der Waals surface area contributed by atoms with Crippen molar-refractivity contribution in [1.29, 1.82) is 5.26 Å². The Morgan fingerprint density at radius 3 is 2.50 bits per heavy atom. The average Bonchev–Trinajstić information content (AvgIpc) is 2.80. The summed E-state index contributed by atoms with van der Waals surface area (Å²) in [4.78, 5) is 12.9. The lowest BCUT2D eigenvalue weighted by atomic mass is 9.84. The summed E-state index contributed by atoms with van der Waals surface area (Å²) in [7, 11) is 0. The number of hydrogen-bond donors (Lipinski definition) is 1. The molecular formula is C25H17FN3O3+. The first-order valence-corrected chi connectivity index (χ1v) is 9.92. The highest BCUT2D eigenvalue weighted by Gasteiger charge is 2.35. The Morgan fingerprint density at radius 1 is 1.06 bits per heavy atom. The van der Waals surface area contributed by atoms with Crippen LogP contribution in [-0.2, 0) is 6.54 Å². The third-order valence-electron chi connectivity index (χ3n) is 5.50. The Morgan fingerprint density at radius 2 is 1.78 bits per heavy atom. The molecule has 0 saturated heterocycles. The highest BCUT2D eigenvalue weighted by atomic mass is 19.1. The summed E-state index contributed by atoms with van der Waals surface area (Å²) < 4.78 is 26.3. The van der Waals surface area contributed by atoms with Gasteiger partial charge in [0.05, 0.1) is 16.9 Å². The summed E-state index contributed by atoms with van der Waals surface area (Å²) in [5.41, 5.74) is 7.92. The molecule has 0 aliphatic carbocycles. The van der Waals surface area contributed by atoms with E-state index in [0.717, 1.165) is 5.56 Å². The SMILES string of the molecule is N#CC1=C(N)Oc2c(c(=O)oc3ccccc23)C1c1cc[n+](Cc2ccc(F)cc2)cc1. The van der Waals surface area contributed by atoms with Gasteiger partial charge in [-0.1, -0.05) is 12.1 Å². The average molecular weight is 426 g/mol. The van der Waals surface area contributed by atoms with Crippen LogP contribution < -0.4 is 20.7 Å². The summed E-state index contributed by atoms with van der Waals surface area (Å²) in [6.07, 6.45) is 3.67. The van der Waals surface area contributed by atoms with Crippen LogP contribution in [0.4, 0.5) is 4.39 Å². The molecule has 1 atom stereocenters. The van der Waals surface area contributed by atoms with Crippen molar-refractivity contribution in [3.63, 3.8) is 0 Å². The first kappa shape index (κ1) is 19.5. The predicted octanol–water partition coefficient (Wildman–Crippen LogP) is 3.49. The number of fused-ring (bicyclic) bond motifs is 3. The summed E-state index contributed by atoms with van der Waals surface area (Å²) in [6, 6.07) is 19.0. The smallest absolute Gasteiger partial charge is 0.344 e. The van der Waals surface area contributed by atoms with Crippen molar-refractivity contribution in [3.8, 4) is 11.8 Å². The van der Waals surface area contributed by atoms with Crippen molar-refractivity contribution in [2.24, 2.45) is 5.73 Å². The van der Waals surface area contributed by atoms with Crippen molar-refractivity contribution in [2.45, 2.75) is 12.5 Å². The standard InChI is InChI=1S/C25H17FN3O3/c26-17-7-5-15(6-8-17)14-29-11-9-16(10-12-29)21-19(13-27)24(28)32-23-18-3-1-2-4-20(18)31-25(30)22(21)23/h1-12,21H,14,28H2/q+1. The van der Waals surface area contributed by atoms with Crippen LogP contribution in [0.25, 0.3) is 11.0 Å². The van der Waals surface area contributed by atoms with Crippen LogP contribution in [0.5, 0.6) is 5.75 Å². The molecule has 2 aromatic heterocycles. The third kappa shape index (κ3) is 3.28. The number of halogens is 1. The minimum Gasteiger partial charge on any atom is -0.439 e. The Kier molecular flexibility index (Phi) is 4.68. The van der Waals surface area contributed by atoms with Crippen LogP contribution in [0.3, 0.4) is 0 Å². The van der Waals surface area contributed by atoms with E-state index in [0.29, 0.717) is 28.8 Å². The summed E-state index contributed by atoms with van der Waals surface area (Å²) in [5.74, 6) is -0.734. The zero-order valence-electron chi connectivity index (χ0n) is 16.8. The van der Waals surface area contributed by atoms with Gasteiger partial charge in [-0.3, -0.25) is 0 Å². The fourth-order valence-electron chi connectivity index (χ4n) is 3.97. The second-order valence-electron chi connectivity index (χ2n) is 7.48. The van der Waals surface area contributed by atoms with Gasteiger partial charge >= 0.3 is 5.63 Å². The van der Waals surface area contributed by atoms with Crippen LogP contribution in [0, 0.1) is 17.1 Å². The summed E-state index contributed by atoms with van der Waals surface area (Å²) >= 11 is 0. The van der Waals surface area contributed by atoms with Gasteiger partial charge in [0.2, 0.25) is 5.88 Å². The highest BCUT2D eigenvalue weighted by molar-refractivity contribution is 5.85. The normalized spacial score (nSPS) is 15.2. The maximum atomic E-state index is 13.1. The van der Waals surface area contributed by atoms with Gasteiger partial charge in [-0.15, -0.1) is 0 Å². The molecule has 156 valence electrons. The lowest BCUT2D eigenvalue weighted by Crippen LogP contribution is -2.34. The minimum atomic E-state index is -0.718. The largest absolute Gasteiger partial charge is 0.439 e. The quantitative estimate of drug-likeness (QED) is 0.400. The number of hydrogen-bond acceptors (Lipinski definition) is 5. The number of pyridine rings is 1. The first-order valence-electron chi connectivity index (χ1n) is 9.92. The molecule has 0 radical (unpaired) electrons. The molecule has 5 rings (SSSR count). The maximum absolute atomic E-state index is 13.1. The lowest BCUT2D eigenvalue weighted by Gasteiger charge is -2.25. The first-order chi connectivity index (χ1) is 15.5. The van der Waals surface area contributed by atoms with Gasteiger partial charge in [0, 0.05) is 17.7 Å². The number of aromatic nitrogens is 1. The molecule has 1 aliphatic rings.